The van der Waals surface area contributed by atoms with Crippen molar-refractivity contribution in [2.24, 2.45) is 5.92 Å². The fraction of sp³-hybridized carbons (Fsp3) is 0.471. The summed E-state index contributed by atoms with van der Waals surface area (Å²) in [5.41, 5.74) is 1.48. The van der Waals surface area contributed by atoms with E-state index in [1.54, 1.807) is 26.0 Å². The number of benzene rings is 1. The van der Waals surface area contributed by atoms with Gasteiger partial charge >= 0.3 is 5.97 Å². The molecule has 1 aromatic carbocycles. The Morgan fingerprint density at radius 3 is 2.09 bits per heavy atom. The third-order valence-electron chi connectivity index (χ3n) is 3.08. The van der Waals surface area contributed by atoms with Crippen LogP contribution in [0.3, 0.4) is 0 Å². The van der Waals surface area contributed by atoms with Crippen molar-refractivity contribution in [3.05, 3.63) is 35.4 Å². The maximum atomic E-state index is 11.9. The second-order valence-corrected chi connectivity index (χ2v) is 6.47. The fourth-order valence-electron chi connectivity index (χ4n) is 1.66. The predicted molar refractivity (Wildman–Crippen MR) is 83.4 cm³/mol. The number of ether oxygens (including phenoxy) is 1. The Morgan fingerprint density at radius 1 is 1.09 bits per heavy atom. The molecule has 0 fully saturated rings. The number of hydrogen-bond acceptors (Lipinski definition) is 4. The molecule has 1 N–H and O–H groups in total. The molecule has 0 heterocycles. The second-order valence-electron chi connectivity index (χ2n) is 6.47. The molecular weight excluding hydrogens is 282 g/mol. The molecule has 0 aliphatic carbocycles. The Bertz CT molecular complexity index is 553. The number of hydrogen-bond donors (Lipinski definition) is 1. The number of carbonyl (C=O) groups is 3. The third-order valence-corrected chi connectivity index (χ3v) is 3.08. The number of carbonyl (C=O) groups excluding carboxylic acids is 3. The van der Waals surface area contributed by atoms with Crippen LogP contribution in [0.25, 0.3) is 0 Å². The molecular formula is C17H23NO4. The molecule has 0 saturated heterocycles. The minimum absolute atomic E-state index is 0.00409. The molecule has 0 unspecified atom stereocenters. The average molecular weight is 305 g/mol. The molecule has 0 aromatic heterocycles. The van der Waals surface area contributed by atoms with Crippen LogP contribution in [0.4, 0.5) is 0 Å². The van der Waals surface area contributed by atoms with Gasteiger partial charge in [0.2, 0.25) is 0 Å². The lowest BCUT2D eigenvalue weighted by atomic mass is 9.87. The monoisotopic (exact) mass is 305 g/mol. The summed E-state index contributed by atoms with van der Waals surface area (Å²) in [4.78, 5) is 34.7. The van der Waals surface area contributed by atoms with Crippen LogP contribution >= 0.6 is 0 Å². The fourth-order valence-corrected chi connectivity index (χ4v) is 1.66. The zero-order valence-corrected chi connectivity index (χ0v) is 13.7. The van der Waals surface area contributed by atoms with E-state index in [1.807, 2.05) is 12.1 Å². The largest absolute Gasteiger partial charge is 0.455 e. The average Bonchev–Trinajstić information content (AvgIpc) is 2.43. The molecule has 0 aliphatic heterocycles. The van der Waals surface area contributed by atoms with Gasteiger partial charge < -0.3 is 4.74 Å². The van der Waals surface area contributed by atoms with Gasteiger partial charge in [0, 0.05) is 5.56 Å². The van der Waals surface area contributed by atoms with Crippen LogP contribution in [-0.4, -0.2) is 24.4 Å². The Labute approximate surface area is 131 Å². The Hall–Kier alpha value is -2.17. The Balaban J connectivity index is 2.58. The number of rotatable bonds is 4. The number of imide groups is 1. The van der Waals surface area contributed by atoms with Crippen molar-refractivity contribution in [2.75, 3.05) is 6.61 Å². The van der Waals surface area contributed by atoms with Gasteiger partial charge in [0.05, 0.1) is 5.92 Å². The number of esters is 1. The maximum Gasteiger partial charge on any atom is 0.308 e. The lowest BCUT2D eigenvalue weighted by Crippen LogP contribution is -2.34. The second kappa shape index (κ2) is 7.20. The van der Waals surface area contributed by atoms with Crippen molar-refractivity contribution in [1.82, 2.24) is 5.32 Å². The molecule has 5 nitrogen and oxygen atoms in total. The zero-order valence-electron chi connectivity index (χ0n) is 13.7. The summed E-state index contributed by atoms with van der Waals surface area (Å²) in [5.74, 6) is -1.93. The van der Waals surface area contributed by atoms with Gasteiger partial charge in [-0.15, -0.1) is 0 Å². The van der Waals surface area contributed by atoms with Crippen molar-refractivity contribution < 1.29 is 19.1 Å². The number of nitrogens with one attached hydrogen (secondary N) is 1. The molecule has 0 spiro atoms. The molecule has 1 rings (SSSR count). The highest BCUT2D eigenvalue weighted by atomic mass is 16.5. The van der Waals surface area contributed by atoms with Crippen molar-refractivity contribution in [1.29, 1.82) is 0 Å². The van der Waals surface area contributed by atoms with Crippen LogP contribution in [0.5, 0.6) is 0 Å². The molecule has 0 aliphatic rings. The zero-order chi connectivity index (χ0) is 16.9. The minimum atomic E-state index is -0.640. The Kier molecular flexibility index (Phi) is 5.85. The molecule has 0 atom stereocenters. The maximum absolute atomic E-state index is 11.9. The van der Waals surface area contributed by atoms with Gasteiger partial charge in [0.1, 0.15) is 0 Å². The quantitative estimate of drug-likeness (QED) is 0.867. The van der Waals surface area contributed by atoms with E-state index in [0.717, 1.165) is 5.56 Å². The minimum Gasteiger partial charge on any atom is -0.455 e. The van der Waals surface area contributed by atoms with E-state index in [1.165, 1.54) is 0 Å². The topological polar surface area (TPSA) is 72.5 Å². The van der Waals surface area contributed by atoms with Crippen molar-refractivity contribution >= 4 is 17.8 Å². The highest BCUT2D eigenvalue weighted by Gasteiger charge is 2.16. The van der Waals surface area contributed by atoms with Gasteiger partial charge in [-0.05, 0) is 23.1 Å². The van der Waals surface area contributed by atoms with Crippen molar-refractivity contribution in [2.45, 2.75) is 40.0 Å². The van der Waals surface area contributed by atoms with Crippen LogP contribution in [0, 0.1) is 5.92 Å². The van der Waals surface area contributed by atoms with Gasteiger partial charge in [-0.25, -0.2) is 0 Å². The molecule has 2 amide bonds. The SMILES string of the molecule is CC(C)C(=O)OCC(=O)NC(=O)c1ccc(C(C)(C)C)cc1. The first-order valence-corrected chi connectivity index (χ1v) is 7.22. The van der Waals surface area contributed by atoms with Crippen LogP contribution < -0.4 is 5.32 Å². The molecule has 0 bridgehead atoms. The van der Waals surface area contributed by atoms with Crippen LogP contribution in [0.1, 0.15) is 50.5 Å². The standard InChI is InChI=1S/C17H23NO4/c1-11(2)16(21)22-10-14(19)18-15(20)12-6-8-13(9-7-12)17(3,4)5/h6-9,11H,10H2,1-5H3,(H,18,19,20). The summed E-state index contributed by atoms with van der Waals surface area (Å²) in [6.07, 6.45) is 0. The smallest absolute Gasteiger partial charge is 0.308 e. The molecule has 1 aromatic rings. The number of amides is 2. The van der Waals surface area contributed by atoms with E-state index in [9.17, 15) is 14.4 Å². The highest BCUT2D eigenvalue weighted by Crippen LogP contribution is 2.22. The van der Waals surface area contributed by atoms with Gasteiger partial charge in [-0.2, -0.15) is 0 Å². The lowest BCUT2D eigenvalue weighted by Gasteiger charge is -2.19. The predicted octanol–water partition coefficient (Wildman–Crippen LogP) is 2.44. The van der Waals surface area contributed by atoms with E-state index in [0.29, 0.717) is 5.56 Å². The van der Waals surface area contributed by atoms with Gasteiger partial charge in [0.25, 0.3) is 11.8 Å². The summed E-state index contributed by atoms with van der Waals surface area (Å²) >= 11 is 0. The highest BCUT2D eigenvalue weighted by molar-refractivity contribution is 6.05. The van der Waals surface area contributed by atoms with E-state index in [4.69, 9.17) is 4.74 Å². The molecule has 0 saturated carbocycles. The third kappa shape index (κ3) is 5.31. The van der Waals surface area contributed by atoms with E-state index in [-0.39, 0.29) is 11.3 Å². The first-order chi connectivity index (χ1) is 10.1. The summed E-state index contributed by atoms with van der Waals surface area (Å²) in [7, 11) is 0. The molecule has 0 radical (unpaired) electrons. The summed E-state index contributed by atoms with van der Waals surface area (Å²) in [6, 6.07) is 7.06. The van der Waals surface area contributed by atoms with Crippen LogP contribution in [-0.2, 0) is 19.7 Å². The van der Waals surface area contributed by atoms with E-state index < -0.39 is 24.4 Å². The summed E-state index contributed by atoms with van der Waals surface area (Å²) in [6.45, 7) is 9.12. The first-order valence-electron chi connectivity index (χ1n) is 7.22. The molecule has 5 heteroatoms. The van der Waals surface area contributed by atoms with Crippen molar-refractivity contribution in [3.63, 3.8) is 0 Å². The van der Waals surface area contributed by atoms with Gasteiger partial charge in [0.15, 0.2) is 6.61 Å². The van der Waals surface area contributed by atoms with Crippen molar-refractivity contribution in [3.8, 4) is 0 Å². The normalized spacial score (nSPS) is 11.2. The molecule has 120 valence electrons. The van der Waals surface area contributed by atoms with Crippen LogP contribution in [0.2, 0.25) is 0 Å². The van der Waals surface area contributed by atoms with E-state index >= 15 is 0 Å². The van der Waals surface area contributed by atoms with Gasteiger partial charge in [-0.1, -0.05) is 46.8 Å². The summed E-state index contributed by atoms with van der Waals surface area (Å²) < 4.78 is 4.76. The van der Waals surface area contributed by atoms with Gasteiger partial charge in [-0.3, -0.25) is 19.7 Å². The summed E-state index contributed by atoms with van der Waals surface area (Å²) in [5, 5.41) is 2.19. The van der Waals surface area contributed by atoms with Crippen LogP contribution in [0.15, 0.2) is 24.3 Å². The first kappa shape index (κ1) is 17.9. The lowest BCUT2D eigenvalue weighted by molar-refractivity contribution is -0.151. The van der Waals surface area contributed by atoms with E-state index in [2.05, 4.69) is 26.1 Å². The molecule has 22 heavy (non-hydrogen) atoms. The Morgan fingerprint density at radius 2 is 1.64 bits per heavy atom.